The van der Waals surface area contributed by atoms with Gasteiger partial charge in [-0.25, -0.2) is 4.79 Å². The number of hydrogen-bond acceptors (Lipinski definition) is 3. The van der Waals surface area contributed by atoms with E-state index in [-0.39, 0.29) is 11.6 Å². The number of nitrogens with zero attached hydrogens (tertiary/aromatic N) is 1. The fraction of sp³-hybridized carbons (Fsp3) is 0.632. The molecule has 1 fully saturated rings. The number of nitrogens with one attached hydrogen (secondary N) is 1. The van der Waals surface area contributed by atoms with Crippen molar-refractivity contribution in [3.8, 4) is 0 Å². The third-order valence-electron chi connectivity index (χ3n) is 4.85. The fourth-order valence-electron chi connectivity index (χ4n) is 3.37. The molecule has 1 aromatic carbocycles. The van der Waals surface area contributed by atoms with Crippen molar-refractivity contribution in [2.45, 2.75) is 71.1 Å². The van der Waals surface area contributed by atoms with Crippen LogP contribution in [0.5, 0.6) is 0 Å². The number of ether oxygens (including phenoxy) is 1. The number of hydrogen-bond donors (Lipinski definition) is 1. The minimum atomic E-state index is -0.466. The van der Waals surface area contributed by atoms with Gasteiger partial charge in [-0.2, -0.15) is 0 Å². The first-order valence-electron chi connectivity index (χ1n) is 8.64. The maximum atomic E-state index is 12.5. The molecular weight excluding hydrogens is 288 g/mol. The average Bonchev–Trinajstić information content (AvgIpc) is 2.85. The topological polar surface area (TPSA) is 41.6 Å². The summed E-state index contributed by atoms with van der Waals surface area (Å²) in [6.45, 7) is 9.52. The van der Waals surface area contributed by atoms with E-state index < -0.39 is 5.60 Å². The Morgan fingerprint density at radius 1 is 1.35 bits per heavy atom. The molecule has 1 heterocycles. The molecule has 1 saturated carbocycles. The monoisotopic (exact) mass is 316 g/mol. The molecule has 0 spiro atoms. The Kier molecular flexibility index (Phi) is 4.13. The van der Waals surface area contributed by atoms with Crippen LogP contribution in [0, 0.1) is 0 Å². The Morgan fingerprint density at radius 3 is 2.70 bits per heavy atom. The Labute approximate surface area is 139 Å². The van der Waals surface area contributed by atoms with Crippen LogP contribution in [-0.4, -0.2) is 23.8 Å². The smallest absolute Gasteiger partial charge is 0.414 e. The van der Waals surface area contributed by atoms with Gasteiger partial charge < -0.3 is 10.1 Å². The van der Waals surface area contributed by atoms with Crippen molar-refractivity contribution >= 4 is 11.8 Å². The zero-order chi connectivity index (χ0) is 16.7. The Morgan fingerprint density at radius 2 is 2.09 bits per heavy atom. The summed E-state index contributed by atoms with van der Waals surface area (Å²) in [5, 5.41) is 3.67. The standard InChI is InChI=1S/C19H28N2O2/c1-18(2,3)23-17(22)21-12-9-14-7-5-8-15(16(14)21)13-20-19(4)10-6-11-19/h5,7-8,20H,6,9-13H2,1-4H3. The van der Waals surface area contributed by atoms with Crippen molar-refractivity contribution in [1.29, 1.82) is 0 Å². The number of amides is 1. The van der Waals surface area contributed by atoms with Gasteiger partial charge in [0.15, 0.2) is 0 Å². The number of anilines is 1. The number of fused-ring (bicyclic) bond motifs is 1. The summed E-state index contributed by atoms with van der Waals surface area (Å²) in [5.74, 6) is 0. The maximum absolute atomic E-state index is 12.5. The van der Waals surface area contributed by atoms with Crippen LogP contribution in [0.15, 0.2) is 18.2 Å². The van der Waals surface area contributed by atoms with Crippen LogP contribution in [0.25, 0.3) is 0 Å². The van der Waals surface area contributed by atoms with Gasteiger partial charge in [-0.3, -0.25) is 4.90 Å². The largest absolute Gasteiger partial charge is 0.443 e. The van der Waals surface area contributed by atoms with Crippen LogP contribution in [0.3, 0.4) is 0 Å². The average molecular weight is 316 g/mol. The molecule has 2 aliphatic rings. The highest BCUT2D eigenvalue weighted by atomic mass is 16.6. The van der Waals surface area contributed by atoms with Gasteiger partial charge in [0.25, 0.3) is 0 Å². The lowest BCUT2D eigenvalue weighted by atomic mass is 9.78. The number of carbonyl (C=O) groups is 1. The molecule has 1 aromatic rings. The molecule has 0 atom stereocenters. The Bertz CT molecular complexity index is 600. The second kappa shape index (κ2) is 5.82. The van der Waals surface area contributed by atoms with E-state index in [0.29, 0.717) is 6.54 Å². The highest BCUT2D eigenvalue weighted by Gasteiger charge is 2.33. The number of benzene rings is 1. The van der Waals surface area contributed by atoms with Gasteiger partial charge in [0, 0.05) is 18.6 Å². The molecule has 1 aliphatic carbocycles. The molecule has 4 heteroatoms. The summed E-state index contributed by atoms with van der Waals surface area (Å²) < 4.78 is 5.58. The normalized spacial score (nSPS) is 19.2. The van der Waals surface area contributed by atoms with E-state index in [0.717, 1.165) is 18.7 Å². The van der Waals surface area contributed by atoms with Gasteiger partial charge in [0.05, 0.1) is 5.69 Å². The molecule has 1 N–H and O–H groups in total. The molecule has 0 bridgehead atoms. The SMILES string of the molecule is CC1(NCc2cccc3c2N(C(=O)OC(C)(C)C)CC3)CCC1. The van der Waals surface area contributed by atoms with Crippen molar-refractivity contribution in [3.05, 3.63) is 29.3 Å². The molecule has 126 valence electrons. The van der Waals surface area contributed by atoms with E-state index in [1.54, 1.807) is 4.90 Å². The summed E-state index contributed by atoms with van der Waals surface area (Å²) in [7, 11) is 0. The third kappa shape index (κ3) is 3.52. The number of para-hydroxylation sites is 1. The zero-order valence-electron chi connectivity index (χ0n) is 14.7. The molecular formula is C19H28N2O2. The molecule has 4 nitrogen and oxygen atoms in total. The van der Waals surface area contributed by atoms with E-state index in [9.17, 15) is 4.79 Å². The van der Waals surface area contributed by atoms with Crippen molar-refractivity contribution < 1.29 is 9.53 Å². The lowest BCUT2D eigenvalue weighted by molar-refractivity contribution is 0.0583. The predicted molar refractivity (Wildman–Crippen MR) is 92.8 cm³/mol. The highest BCUT2D eigenvalue weighted by Crippen LogP contribution is 2.35. The van der Waals surface area contributed by atoms with Crippen molar-refractivity contribution in [2.75, 3.05) is 11.4 Å². The summed E-state index contributed by atoms with van der Waals surface area (Å²) in [6, 6.07) is 6.34. The van der Waals surface area contributed by atoms with Crippen LogP contribution in [0.1, 0.15) is 58.1 Å². The predicted octanol–water partition coefficient (Wildman–Crippen LogP) is 4.02. The first-order chi connectivity index (χ1) is 10.8. The quantitative estimate of drug-likeness (QED) is 0.916. The number of carbonyl (C=O) groups excluding carboxylic acids is 1. The van der Waals surface area contributed by atoms with Gasteiger partial charge in [-0.1, -0.05) is 18.2 Å². The van der Waals surface area contributed by atoms with Crippen molar-refractivity contribution in [2.24, 2.45) is 0 Å². The molecule has 3 rings (SSSR count). The van der Waals surface area contributed by atoms with Crippen LogP contribution < -0.4 is 10.2 Å². The molecule has 1 amide bonds. The molecule has 0 aromatic heterocycles. The van der Waals surface area contributed by atoms with E-state index in [1.165, 1.54) is 30.4 Å². The maximum Gasteiger partial charge on any atom is 0.414 e. The zero-order valence-corrected chi connectivity index (χ0v) is 14.7. The van der Waals surface area contributed by atoms with Crippen LogP contribution in [-0.2, 0) is 17.7 Å². The second-order valence-electron chi connectivity index (χ2n) is 8.07. The molecule has 0 saturated heterocycles. The molecule has 23 heavy (non-hydrogen) atoms. The van der Waals surface area contributed by atoms with E-state index in [2.05, 4.69) is 30.4 Å². The van der Waals surface area contributed by atoms with E-state index in [1.807, 2.05) is 20.8 Å². The Hall–Kier alpha value is -1.55. The van der Waals surface area contributed by atoms with Crippen LogP contribution in [0.2, 0.25) is 0 Å². The first kappa shape index (κ1) is 16.3. The van der Waals surface area contributed by atoms with Gasteiger partial charge in [0.1, 0.15) is 5.60 Å². The number of rotatable bonds is 3. The minimum absolute atomic E-state index is 0.237. The van der Waals surface area contributed by atoms with Crippen LogP contribution in [0.4, 0.5) is 10.5 Å². The second-order valence-corrected chi connectivity index (χ2v) is 8.07. The minimum Gasteiger partial charge on any atom is -0.443 e. The summed E-state index contributed by atoms with van der Waals surface area (Å²) >= 11 is 0. The lowest BCUT2D eigenvalue weighted by Crippen LogP contribution is -2.47. The van der Waals surface area contributed by atoms with Gasteiger partial charge in [-0.05, 0) is 64.5 Å². The third-order valence-corrected chi connectivity index (χ3v) is 4.85. The summed E-state index contributed by atoms with van der Waals surface area (Å²) in [4.78, 5) is 14.3. The van der Waals surface area contributed by atoms with Crippen molar-refractivity contribution in [3.63, 3.8) is 0 Å². The molecule has 0 radical (unpaired) electrons. The highest BCUT2D eigenvalue weighted by molar-refractivity contribution is 5.91. The lowest BCUT2D eigenvalue weighted by Gasteiger charge is -2.39. The summed E-state index contributed by atoms with van der Waals surface area (Å²) in [6.07, 6.45) is 4.44. The molecule has 1 aliphatic heterocycles. The van der Waals surface area contributed by atoms with Gasteiger partial charge >= 0.3 is 6.09 Å². The molecule has 0 unspecified atom stereocenters. The Balaban J connectivity index is 1.78. The van der Waals surface area contributed by atoms with E-state index in [4.69, 9.17) is 4.74 Å². The fourth-order valence-corrected chi connectivity index (χ4v) is 3.37. The first-order valence-corrected chi connectivity index (χ1v) is 8.64. The van der Waals surface area contributed by atoms with E-state index >= 15 is 0 Å². The van der Waals surface area contributed by atoms with Crippen LogP contribution >= 0.6 is 0 Å². The van der Waals surface area contributed by atoms with Gasteiger partial charge in [-0.15, -0.1) is 0 Å². The van der Waals surface area contributed by atoms with Gasteiger partial charge in [0.2, 0.25) is 0 Å². The van der Waals surface area contributed by atoms with Crippen molar-refractivity contribution in [1.82, 2.24) is 5.32 Å². The summed E-state index contributed by atoms with van der Waals surface area (Å²) in [5.41, 5.74) is 3.29.